The molecule has 8 heteroatoms. The van der Waals surface area contributed by atoms with Crippen molar-refractivity contribution in [1.29, 1.82) is 0 Å². The first kappa shape index (κ1) is 19.3. The second kappa shape index (κ2) is 7.09. The van der Waals surface area contributed by atoms with Gasteiger partial charge in [0.1, 0.15) is 12.0 Å². The van der Waals surface area contributed by atoms with Crippen LogP contribution in [-0.4, -0.2) is 12.5 Å². The summed E-state index contributed by atoms with van der Waals surface area (Å²) in [6.07, 6.45) is -1.56. The molecule has 3 rings (SSSR count). The van der Waals surface area contributed by atoms with Gasteiger partial charge in [-0.15, -0.1) is 12.4 Å². The Kier molecular flexibility index (Phi) is 5.49. The Balaban J connectivity index is 0.00000225. The van der Waals surface area contributed by atoms with Crippen LogP contribution in [0.4, 0.5) is 13.2 Å². The van der Waals surface area contributed by atoms with Crippen molar-refractivity contribution in [3.8, 4) is 0 Å². The van der Waals surface area contributed by atoms with Gasteiger partial charge in [0.15, 0.2) is 0 Å². The molecule has 25 heavy (non-hydrogen) atoms. The predicted octanol–water partition coefficient (Wildman–Crippen LogP) is 3.64. The summed E-state index contributed by atoms with van der Waals surface area (Å²) in [5, 5.41) is 2.77. The van der Waals surface area contributed by atoms with Crippen LogP contribution in [0, 0.1) is 0 Å². The normalized spacial score (nSPS) is 15.4. The van der Waals surface area contributed by atoms with E-state index in [1.54, 1.807) is 12.1 Å². The van der Waals surface area contributed by atoms with Gasteiger partial charge in [-0.05, 0) is 30.5 Å². The van der Waals surface area contributed by atoms with Gasteiger partial charge < -0.3 is 15.5 Å². The zero-order valence-electron chi connectivity index (χ0n) is 13.2. The van der Waals surface area contributed by atoms with Crippen LogP contribution in [-0.2, 0) is 18.1 Å². The molecule has 1 aromatic carbocycles. The summed E-state index contributed by atoms with van der Waals surface area (Å²) >= 11 is 0. The summed E-state index contributed by atoms with van der Waals surface area (Å²) in [6, 6.07) is 6.86. The maximum absolute atomic E-state index is 12.9. The van der Waals surface area contributed by atoms with E-state index in [-0.39, 0.29) is 31.4 Å². The van der Waals surface area contributed by atoms with Crippen LogP contribution in [0.3, 0.4) is 0 Å². The molecule has 0 atom stereocenters. The van der Waals surface area contributed by atoms with Crippen molar-refractivity contribution in [2.75, 3.05) is 6.54 Å². The number of benzene rings is 1. The summed E-state index contributed by atoms with van der Waals surface area (Å²) in [7, 11) is 0. The first-order chi connectivity index (χ1) is 11.3. The van der Waals surface area contributed by atoms with Gasteiger partial charge in [0.2, 0.25) is 0 Å². The van der Waals surface area contributed by atoms with Gasteiger partial charge in [-0.25, -0.2) is 0 Å². The Morgan fingerprint density at radius 2 is 2.00 bits per heavy atom. The molecule has 1 aliphatic rings. The van der Waals surface area contributed by atoms with E-state index in [4.69, 9.17) is 10.2 Å². The second-order valence-corrected chi connectivity index (χ2v) is 6.05. The number of hydrogen-bond acceptors (Lipinski definition) is 3. The molecule has 1 aromatic heterocycles. The summed E-state index contributed by atoms with van der Waals surface area (Å²) in [4.78, 5) is 12.1. The molecule has 0 aliphatic heterocycles. The van der Waals surface area contributed by atoms with E-state index in [0.717, 1.165) is 18.9 Å². The van der Waals surface area contributed by atoms with Gasteiger partial charge in [-0.2, -0.15) is 13.2 Å². The molecule has 3 N–H and O–H groups in total. The number of halogens is 4. The van der Waals surface area contributed by atoms with E-state index in [0.29, 0.717) is 16.9 Å². The zero-order chi connectivity index (χ0) is 17.4. The highest BCUT2D eigenvalue weighted by atomic mass is 35.5. The number of rotatable bonds is 5. The highest BCUT2D eigenvalue weighted by Crippen LogP contribution is 2.48. The quantitative estimate of drug-likeness (QED) is 0.839. The van der Waals surface area contributed by atoms with Crippen LogP contribution < -0.4 is 11.1 Å². The van der Waals surface area contributed by atoms with Crippen LogP contribution in [0.25, 0.3) is 0 Å². The molecule has 136 valence electrons. The minimum atomic E-state index is -4.37. The van der Waals surface area contributed by atoms with Crippen LogP contribution in [0.1, 0.15) is 40.1 Å². The molecule has 1 heterocycles. The zero-order valence-corrected chi connectivity index (χ0v) is 14.0. The summed E-state index contributed by atoms with van der Waals surface area (Å²) < 4.78 is 43.7. The smallest absolute Gasteiger partial charge is 0.416 e. The SMILES string of the molecule is Cl.NCc1cc(C(=O)NCC2(c3cccc(C(F)(F)F)c3)CC2)co1. The van der Waals surface area contributed by atoms with E-state index < -0.39 is 17.2 Å². The van der Waals surface area contributed by atoms with Crippen LogP contribution in [0.15, 0.2) is 41.0 Å². The highest BCUT2D eigenvalue weighted by molar-refractivity contribution is 5.94. The molecule has 0 spiro atoms. The number of carbonyl (C=O) groups is 1. The van der Waals surface area contributed by atoms with Gasteiger partial charge in [0.25, 0.3) is 5.91 Å². The third-order valence-corrected chi connectivity index (χ3v) is 4.36. The Morgan fingerprint density at radius 1 is 1.28 bits per heavy atom. The lowest BCUT2D eigenvalue weighted by Crippen LogP contribution is -2.32. The lowest BCUT2D eigenvalue weighted by atomic mass is 9.94. The number of nitrogens with two attached hydrogens (primary N) is 1. The first-order valence-electron chi connectivity index (χ1n) is 7.57. The molecule has 0 saturated heterocycles. The molecule has 2 aromatic rings. The van der Waals surface area contributed by atoms with E-state index >= 15 is 0 Å². The molecule has 0 radical (unpaired) electrons. The minimum Gasteiger partial charge on any atom is -0.467 e. The van der Waals surface area contributed by atoms with Gasteiger partial charge >= 0.3 is 6.18 Å². The van der Waals surface area contributed by atoms with Crippen LogP contribution in [0.5, 0.6) is 0 Å². The molecular formula is C17H18ClF3N2O2. The average molecular weight is 375 g/mol. The van der Waals surface area contributed by atoms with Gasteiger partial charge in [0, 0.05) is 12.0 Å². The van der Waals surface area contributed by atoms with Crippen molar-refractivity contribution in [1.82, 2.24) is 5.32 Å². The minimum absolute atomic E-state index is 0. The van der Waals surface area contributed by atoms with E-state index in [1.807, 2.05) is 0 Å². The van der Waals surface area contributed by atoms with Crippen LogP contribution >= 0.6 is 12.4 Å². The molecule has 0 unspecified atom stereocenters. The van der Waals surface area contributed by atoms with Crippen molar-refractivity contribution < 1.29 is 22.4 Å². The molecular weight excluding hydrogens is 357 g/mol. The third-order valence-electron chi connectivity index (χ3n) is 4.36. The summed E-state index contributed by atoms with van der Waals surface area (Å²) in [6.45, 7) is 0.484. The molecule has 1 saturated carbocycles. The number of furan rings is 1. The molecule has 4 nitrogen and oxygen atoms in total. The van der Waals surface area contributed by atoms with E-state index in [1.165, 1.54) is 18.4 Å². The van der Waals surface area contributed by atoms with Crippen molar-refractivity contribution >= 4 is 18.3 Å². The molecule has 0 bridgehead atoms. The Morgan fingerprint density at radius 3 is 2.56 bits per heavy atom. The number of amides is 1. The van der Waals surface area contributed by atoms with Gasteiger partial charge in [-0.1, -0.05) is 18.2 Å². The molecule has 1 fully saturated rings. The topological polar surface area (TPSA) is 68.3 Å². The van der Waals surface area contributed by atoms with Crippen molar-refractivity contribution in [2.24, 2.45) is 5.73 Å². The molecule has 1 amide bonds. The fraction of sp³-hybridized carbons (Fsp3) is 0.353. The number of nitrogens with one attached hydrogen (secondary N) is 1. The Labute approximate surface area is 149 Å². The fourth-order valence-electron chi connectivity index (χ4n) is 2.70. The standard InChI is InChI=1S/C17H17F3N2O2.ClH/c18-17(19,20)13-3-1-2-12(7-13)16(4-5-16)10-22-15(23)11-6-14(8-21)24-9-11;/h1-3,6-7,9H,4-5,8,10,21H2,(H,22,23);1H. The first-order valence-corrected chi connectivity index (χ1v) is 7.57. The van der Waals surface area contributed by atoms with Crippen LogP contribution in [0.2, 0.25) is 0 Å². The lowest BCUT2D eigenvalue weighted by Gasteiger charge is -2.18. The number of carbonyl (C=O) groups excluding carboxylic acids is 1. The van der Waals surface area contributed by atoms with Gasteiger partial charge in [-0.3, -0.25) is 4.79 Å². The van der Waals surface area contributed by atoms with Gasteiger partial charge in [0.05, 0.1) is 17.7 Å². The molecule has 1 aliphatic carbocycles. The van der Waals surface area contributed by atoms with Crippen molar-refractivity contribution in [2.45, 2.75) is 31.0 Å². The van der Waals surface area contributed by atoms with Crippen molar-refractivity contribution in [3.63, 3.8) is 0 Å². The summed E-state index contributed by atoms with van der Waals surface area (Å²) in [5.41, 5.74) is 5.30. The number of alkyl halides is 3. The summed E-state index contributed by atoms with van der Waals surface area (Å²) in [5.74, 6) is 0.177. The van der Waals surface area contributed by atoms with Crippen molar-refractivity contribution in [3.05, 3.63) is 59.0 Å². The second-order valence-electron chi connectivity index (χ2n) is 6.05. The Hall–Kier alpha value is -1.99. The fourth-order valence-corrected chi connectivity index (χ4v) is 2.70. The largest absolute Gasteiger partial charge is 0.467 e. The lowest BCUT2D eigenvalue weighted by molar-refractivity contribution is -0.137. The highest BCUT2D eigenvalue weighted by Gasteiger charge is 2.45. The maximum Gasteiger partial charge on any atom is 0.416 e. The number of hydrogen-bond donors (Lipinski definition) is 2. The predicted molar refractivity (Wildman–Crippen MR) is 88.5 cm³/mol. The monoisotopic (exact) mass is 374 g/mol. The Bertz CT molecular complexity index is 754. The van der Waals surface area contributed by atoms with E-state index in [2.05, 4.69) is 5.32 Å². The third kappa shape index (κ3) is 4.16. The van der Waals surface area contributed by atoms with E-state index in [9.17, 15) is 18.0 Å². The average Bonchev–Trinajstić information content (AvgIpc) is 3.20. The maximum atomic E-state index is 12.9.